The van der Waals surface area contributed by atoms with Gasteiger partial charge in [-0.05, 0) is 24.3 Å². The highest BCUT2D eigenvalue weighted by atomic mass is 35.5. The van der Waals surface area contributed by atoms with E-state index in [0.29, 0.717) is 48.4 Å². The van der Waals surface area contributed by atoms with Crippen molar-refractivity contribution in [1.82, 2.24) is 14.9 Å². The summed E-state index contributed by atoms with van der Waals surface area (Å²) in [7, 11) is 0. The van der Waals surface area contributed by atoms with Crippen LogP contribution in [0.15, 0.2) is 36.7 Å². The van der Waals surface area contributed by atoms with Crippen molar-refractivity contribution in [2.75, 3.05) is 36.8 Å². The van der Waals surface area contributed by atoms with Gasteiger partial charge in [-0.2, -0.15) is 0 Å². The number of aromatic nitrogens is 2. The van der Waals surface area contributed by atoms with Gasteiger partial charge in [0.25, 0.3) is 5.91 Å². The lowest BCUT2D eigenvalue weighted by Gasteiger charge is -2.34. The minimum atomic E-state index is -0.0707. The summed E-state index contributed by atoms with van der Waals surface area (Å²) in [4.78, 5) is 24.8. The number of carbonyl (C=O) groups excluding carboxylic acids is 1. The van der Waals surface area contributed by atoms with Crippen LogP contribution >= 0.6 is 11.6 Å². The number of nitrogens with two attached hydrogens (primary N) is 1. The Labute approximate surface area is 133 Å². The summed E-state index contributed by atoms with van der Waals surface area (Å²) >= 11 is 6.11. The Morgan fingerprint density at radius 3 is 2.45 bits per heavy atom. The maximum absolute atomic E-state index is 12.5. The Bertz CT molecular complexity index is 671. The van der Waals surface area contributed by atoms with Crippen molar-refractivity contribution < 1.29 is 4.79 Å². The standard InChI is InChI=1S/C15H16ClN5O/c16-13-10-11(17)2-3-12(13)14(22)20-6-8-21(9-7-20)15-18-4-1-5-19-15/h1-5,10H,6-9,17H2. The number of rotatable bonds is 2. The number of carbonyl (C=O) groups is 1. The van der Waals surface area contributed by atoms with Crippen molar-refractivity contribution in [2.45, 2.75) is 0 Å². The van der Waals surface area contributed by atoms with Crippen LogP contribution in [0.2, 0.25) is 5.02 Å². The summed E-state index contributed by atoms with van der Waals surface area (Å²) in [5, 5.41) is 0.388. The van der Waals surface area contributed by atoms with Gasteiger partial charge in [-0.15, -0.1) is 0 Å². The Kier molecular flexibility index (Phi) is 4.11. The van der Waals surface area contributed by atoms with Crippen LogP contribution in [0.25, 0.3) is 0 Å². The molecule has 1 aromatic heterocycles. The summed E-state index contributed by atoms with van der Waals surface area (Å²) in [5.41, 5.74) is 6.69. The Morgan fingerprint density at radius 1 is 1.14 bits per heavy atom. The first-order valence-electron chi connectivity index (χ1n) is 7.01. The van der Waals surface area contributed by atoms with Crippen LogP contribution in [0.3, 0.4) is 0 Å². The zero-order valence-corrected chi connectivity index (χ0v) is 12.7. The molecule has 0 bridgehead atoms. The van der Waals surface area contributed by atoms with E-state index in [1.165, 1.54) is 0 Å². The van der Waals surface area contributed by atoms with E-state index in [2.05, 4.69) is 14.9 Å². The first-order chi connectivity index (χ1) is 10.6. The second-order valence-electron chi connectivity index (χ2n) is 5.07. The van der Waals surface area contributed by atoms with Gasteiger partial charge < -0.3 is 15.5 Å². The third-order valence-corrected chi connectivity index (χ3v) is 3.94. The molecule has 3 rings (SSSR count). The number of nitrogen functional groups attached to an aromatic ring is 1. The van der Waals surface area contributed by atoms with Gasteiger partial charge in [0.2, 0.25) is 5.95 Å². The lowest BCUT2D eigenvalue weighted by atomic mass is 10.1. The monoisotopic (exact) mass is 317 g/mol. The number of anilines is 2. The minimum Gasteiger partial charge on any atom is -0.399 e. The normalized spacial score (nSPS) is 15.0. The quantitative estimate of drug-likeness (QED) is 0.853. The molecule has 0 saturated carbocycles. The molecule has 0 radical (unpaired) electrons. The van der Waals surface area contributed by atoms with E-state index in [-0.39, 0.29) is 5.91 Å². The first kappa shape index (κ1) is 14.6. The second kappa shape index (κ2) is 6.19. The Hall–Kier alpha value is -2.34. The average Bonchev–Trinajstić information content (AvgIpc) is 2.55. The number of nitrogens with zero attached hydrogens (tertiary/aromatic N) is 4. The van der Waals surface area contributed by atoms with Crippen molar-refractivity contribution in [2.24, 2.45) is 0 Å². The molecule has 1 amide bonds. The molecule has 1 aliphatic heterocycles. The third-order valence-electron chi connectivity index (χ3n) is 3.63. The number of halogens is 1. The summed E-state index contributed by atoms with van der Waals surface area (Å²) in [6.07, 6.45) is 3.43. The van der Waals surface area contributed by atoms with E-state index in [1.54, 1.807) is 41.6 Å². The van der Waals surface area contributed by atoms with E-state index in [9.17, 15) is 4.79 Å². The fourth-order valence-electron chi connectivity index (χ4n) is 2.44. The van der Waals surface area contributed by atoms with E-state index >= 15 is 0 Å². The highest BCUT2D eigenvalue weighted by Gasteiger charge is 2.24. The van der Waals surface area contributed by atoms with Gasteiger partial charge in [0.05, 0.1) is 10.6 Å². The van der Waals surface area contributed by atoms with Gasteiger partial charge in [0.1, 0.15) is 0 Å². The molecule has 0 aliphatic carbocycles. The van der Waals surface area contributed by atoms with Crippen LogP contribution in [0.4, 0.5) is 11.6 Å². The molecule has 2 heterocycles. The maximum atomic E-state index is 12.5. The van der Waals surface area contributed by atoms with Gasteiger partial charge in [0, 0.05) is 44.3 Å². The number of hydrogen-bond acceptors (Lipinski definition) is 5. The predicted molar refractivity (Wildman–Crippen MR) is 86.0 cm³/mol. The van der Waals surface area contributed by atoms with Crippen LogP contribution < -0.4 is 10.6 Å². The van der Waals surface area contributed by atoms with Gasteiger partial charge in [-0.25, -0.2) is 9.97 Å². The fraction of sp³-hybridized carbons (Fsp3) is 0.267. The SMILES string of the molecule is Nc1ccc(C(=O)N2CCN(c3ncccn3)CC2)c(Cl)c1. The second-order valence-corrected chi connectivity index (χ2v) is 5.47. The maximum Gasteiger partial charge on any atom is 0.255 e. The Balaban J connectivity index is 1.67. The van der Waals surface area contributed by atoms with Gasteiger partial charge >= 0.3 is 0 Å². The number of piperazine rings is 1. The molecular weight excluding hydrogens is 302 g/mol. The van der Waals surface area contributed by atoms with Gasteiger partial charge in [-0.1, -0.05) is 11.6 Å². The lowest BCUT2D eigenvalue weighted by molar-refractivity contribution is 0.0746. The van der Waals surface area contributed by atoms with Crippen LogP contribution in [-0.2, 0) is 0 Å². The highest BCUT2D eigenvalue weighted by Crippen LogP contribution is 2.21. The smallest absolute Gasteiger partial charge is 0.255 e. The molecule has 6 nitrogen and oxygen atoms in total. The molecule has 22 heavy (non-hydrogen) atoms. The van der Waals surface area contributed by atoms with E-state index < -0.39 is 0 Å². The summed E-state index contributed by atoms with van der Waals surface area (Å²) < 4.78 is 0. The molecule has 114 valence electrons. The van der Waals surface area contributed by atoms with E-state index in [0.717, 1.165) is 0 Å². The van der Waals surface area contributed by atoms with Crippen LogP contribution in [0.1, 0.15) is 10.4 Å². The summed E-state index contributed by atoms with van der Waals surface area (Å²) in [6, 6.07) is 6.75. The number of benzene rings is 1. The van der Waals surface area contributed by atoms with Gasteiger partial charge in [-0.3, -0.25) is 4.79 Å². The Morgan fingerprint density at radius 2 is 1.82 bits per heavy atom. The predicted octanol–water partition coefficient (Wildman–Crippen LogP) is 1.67. The average molecular weight is 318 g/mol. The van der Waals surface area contributed by atoms with E-state index in [4.69, 9.17) is 17.3 Å². The number of amides is 1. The van der Waals surface area contributed by atoms with Crippen LogP contribution in [0.5, 0.6) is 0 Å². The largest absolute Gasteiger partial charge is 0.399 e. The lowest BCUT2D eigenvalue weighted by Crippen LogP contribution is -2.49. The fourth-order valence-corrected chi connectivity index (χ4v) is 2.71. The zero-order valence-electron chi connectivity index (χ0n) is 11.9. The molecule has 1 saturated heterocycles. The molecule has 1 fully saturated rings. The summed E-state index contributed by atoms with van der Waals surface area (Å²) in [6.45, 7) is 2.61. The van der Waals surface area contributed by atoms with Gasteiger partial charge in [0.15, 0.2) is 0 Å². The number of hydrogen-bond donors (Lipinski definition) is 1. The van der Waals surface area contributed by atoms with Crippen LogP contribution in [0, 0.1) is 0 Å². The third kappa shape index (κ3) is 2.96. The molecule has 7 heteroatoms. The van der Waals surface area contributed by atoms with Crippen molar-refractivity contribution in [3.8, 4) is 0 Å². The van der Waals surface area contributed by atoms with Crippen molar-refractivity contribution >= 4 is 29.1 Å². The van der Waals surface area contributed by atoms with E-state index in [1.807, 2.05) is 0 Å². The molecular formula is C15H16ClN5O. The molecule has 2 aromatic rings. The highest BCUT2D eigenvalue weighted by molar-refractivity contribution is 6.34. The molecule has 1 aliphatic rings. The van der Waals surface area contributed by atoms with Crippen molar-refractivity contribution in [3.63, 3.8) is 0 Å². The molecule has 0 unspecified atom stereocenters. The van der Waals surface area contributed by atoms with Crippen molar-refractivity contribution in [1.29, 1.82) is 0 Å². The molecule has 2 N–H and O–H groups in total. The molecule has 1 aromatic carbocycles. The zero-order chi connectivity index (χ0) is 15.5. The minimum absolute atomic E-state index is 0.0707. The first-order valence-corrected chi connectivity index (χ1v) is 7.39. The topological polar surface area (TPSA) is 75.4 Å². The summed E-state index contributed by atoms with van der Waals surface area (Å²) in [5.74, 6) is 0.624. The van der Waals surface area contributed by atoms with Crippen LogP contribution in [-0.4, -0.2) is 47.0 Å². The van der Waals surface area contributed by atoms with Crippen molar-refractivity contribution in [3.05, 3.63) is 47.2 Å². The molecule has 0 spiro atoms. The molecule has 0 atom stereocenters.